The lowest BCUT2D eigenvalue weighted by Crippen LogP contribution is -2.19. The number of aliphatic imine (C=N–C) groups is 1. The lowest BCUT2D eigenvalue weighted by Gasteiger charge is -2.14. The number of carbonyl (C=O) groups excluding carboxylic acids is 1. The van der Waals surface area contributed by atoms with Crippen molar-refractivity contribution in [3.05, 3.63) is 82.1 Å². The third kappa shape index (κ3) is 2.12. The maximum Gasteiger partial charge on any atom is 0.278 e. The molecule has 0 aliphatic carbocycles. The van der Waals surface area contributed by atoms with E-state index >= 15 is 0 Å². The minimum Gasteiger partial charge on any atom is -0.321 e. The highest BCUT2D eigenvalue weighted by molar-refractivity contribution is 6.23. The minimum atomic E-state index is -0.357. The number of rotatable bonds is 2. The summed E-state index contributed by atoms with van der Waals surface area (Å²) in [6.07, 6.45) is 0. The predicted molar refractivity (Wildman–Crippen MR) is 94.5 cm³/mol. The molecule has 0 saturated carbocycles. The van der Waals surface area contributed by atoms with Gasteiger partial charge in [0.2, 0.25) is 0 Å². The van der Waals surface area contributed by atoms with Gasteiger partial charge in [-0.3, -0.25) is 9.59 Å². The van der Waals surface area contributed by atoms with Crippen LogP contribution in [0, 0.1) is 0 Å². The zero-order valence-electron chi connectivity index (χ0n) is 13.0. The number of fused-ring (bicyclic) bond motifs is 1. The van der Waals surface area contributed by atoms with Gasteiger partial charge in [-0.05, 0) is 18.1 Å². The van der Waals surface area contributed by atoms with E-state index in [2.05, 4.69) is 9.98 Å². The van der Waals surface area contributed by atoms with Gasteiger partial charge in [-0.2, -0.15) is 0 Å². The Morgan fingerprint density at radius 1 is 0.750 bits per heavy atom. The number of hydrogen-bond donors (Lipinski definition) is 1. The molecule has 0 radical (unpaired) electrons. The van der Waals surface area contributed by atoms with Gasteiger partial charge in [0.25, 0.3) is 11.5 Å². The van der Waals surface area contributed by atoms with Crippen molar-refractivity contribution < 1.29 is 4.79 Å². The zero-order chi connectivity index (χ0) is 16.7. The summed E-state index contributed by atoms with van der Waals surface area (Å²) in [6, 6.07) is 19.1. The molecule has 0 unspecified atom stereocenters. The van der Waals surface area contributed by atoms with Gasteiger partial charge in [0, 0.05) is 5.56 Å². The van der Waals surface area contributed by atoms with Crippen LogP contribution < -0.4 is 5.56 Å². The van der Waals surface area contributed by atoms with Crippen LogP contribution >= 0.6 is 0 Å². The summed E-state index contributed by atoms with van der Waals surface area (Å²) in [7, 11) is 0. The summed E-state index contributed by atoms with van der Waals surface area (Å²) in [5.41, 5.74) is 4.05. The van der Waals surface area contributed by atoms with E-state index in [1.165, 1.54) is 0 Å². The molecule has 1 aliphatic heterocycles. The summed E-state index contributed by atoms with van der Waals surface area (Å²) < 4.78 is 0. The average molecular weight is 314 g/mol. The van der Waals surface area contributed by atoms with Crippen molar-refractivity contribution in [1.29, 1.82) is 0 Å². The molecule has 0 bridgehead atoms. The fourth-order valence-electron chi connectivity index (χ4n) is 3.14. The maximum atomic E-state index is 12.6. The first-order valence-electron chi connectivity index (χ1n) is 7.68. The van der Waals surface area contributed by atoms with Gasteiger partial charge in [0.05, 0.1) is 22.5 Å². The summed E-state index contributed by atoms with van der Waals surface area (Å²) in [6.45, 7) is 1.69. The first-order valence-corrected chi connectivity index (χ1v) is 7.68. The molecule has 0 saturated heterocycles. The monoisotopic (exact) mass is 314 g/mol. The molecule has 0 atom stereocenters. The molecule has 1 N–H and O–H groups in total. The van der Waals surface area contributed by atoms with Gasteiger partial charge < -0.3 is 4.98 Å². The lowest BCUT2D eigenvalue weighted by atomic mass is 9.92. The quantitative estimate of drug-likeness (QED) is 0.784. The van der Waals surface area contributed by atoms with Crippen molar-refractivity contribution in [2.24, 2.45) is 4.99 Å². The second-order valence-corrected chi connectivity index (χ2v) is 5.69. The smallest absolute Gasteiger partial charge is 0.278 e. The molecule has 4 heteroatoms. The van der Waals surface area contributed by atoms with Crippen LogP contribution in [0.3, 0.4) is 0 Å². The first-order chi connectivity index (χ1) is 11.7. The van der Waals surface area contributed by atoms with Crippen LogP contribution in [0.4, 0.5) is 0 Å². The molecule has 1 aromatic heterocycles. The number of benzene rings is 2. The number of carbonyl (C=O) groups is 1. The third-order valence-electron chi connectivity index (χ3n) is 4.19. The van der Waals surface area contributed by atoms with E-state index < -0.39 is 0 Å². The lowest BCUT2D eigenvalue weighted by molar-refractivity contribution is 0.101. The van der Waals surface area contributed by atoms with Crippen LogP contribution in [0.2, 0.25) is 0 Å². The van der Waals surface area contributed by atoms with Gasteiger partial charge >= 0.3 is 0 Å². The summed E-state index contributed by atoms with van der Waals surface area (Å²) in [4.78, 5) is 32.0. The van der Waals surface area contributed by atoms with Gasteiger partial charge in [0.15, 0.2) is 0 Å². The van der Waals surface area contributed by atoms with Crippen LogP contribution in [0.15, 0.2) is 70.5 Å². The van der Waals surface area contributed by atoms with Gasteiger partial charge in [0.1, 0.15) is 0 Å². The Kier molecular flexibility index (Phi) is 3.24. The fraction of sp³-hybridized carbons (Fsp3) is 0.0500. The highest BCUT2D eigenvalue weighted by Crippen LogP contribution is 2.36. The molecule has 3 aromatic rings. The second-order valence-electron chi connectivity index (χ2n) is 5.69. The highest BCUT2D eigenvalue weighted by Gasteiger charge is 2.30. The number of pyridine rings is 1. The van der Waals surface area contributed by atoms with E-state index in [-0.39, 0.29) is 11.5 Å². The Morgan fingerprint density at radius 3 is 1.96 bits per heavy atom. The molecule has 1 aliphatic rings. The molecule has 0 spiro atoms. The standard InChI is InChI=1S/C20H14N2O2/c1-12-15-17(20(24)21-12)16(13-8-4-2-5-9-13)18(22-19(15)23)14-10-6-3-7-11-14/h2-11H,1H3,(H,22,23). The summed E-state index contributed by atoms with van der Waals surface area (Å²) >= 11 is 0. The number of amides is 1. The van der Waals surface area contributed by atoms with E-state index in [1.807, 2.05) is 60.7 Å². The van der Waals surface area contributed by atoms with Crippen molar-refractivity contribution in [2.45, 2.75) is 6.92 Å². The summed E-state index contributed by atoms with van der Waals surface area (Å²) in [5, 5.41) is 0. The Labute approximate surface area is 138 Å². The van der Waals surface area contributed by atoms with E-state index in [0.717, 1.165) is 16.7 Å². The Balaban J connectivity index is 2.14. The normalized spacial score (nSPS) is 12.9. The number of nitrogens with one attached hydrogen (secondary N) is 1. The van der Waals surface area contributed by atoms with Crippen LogP contribution in [0.1, 0.15) is 22.8 Å². The molecule has 1 amide bonds. The largest absolute Gasteiger partial charge is 0.321 e. The number of H-pyrrole nitrogens is 1. The van der Waals surface area contributed by atoms with Crippen molar-refractivity contribution in [3.63, 3.8) is 0 Å². The van der Waals surface area contributed by atoms with Gasteiger partial charge in [-0.1, -0.05) is 60.7 Å². The average Bonchev–Trinajstić information content (AvgIpc) is 2.91. The van der Waals surface area contributed by atoms with Gasteiger partial charge in [-0.15, -0.1) is 0 Å². The molecule has 24 heavy (non-hydrogen) atoms. The molecule has 116 valence electrons. The van der Waals surface area contributed by atoms with Crippen LogP contribution in [-0.2, 0) is 0 Å². The molecule has 2 heterocycles. The van der Waals surface area contributed by atoms with Crippen molar-refractivity contribution in [1.82, 2.24) is 4.98 Å². The SMILES string of the molecule is CC1=NC(=O)c2c(-c3ccccc3)c(-c3ccccc3)[nH]c(=O)c21. The number of aromatic nitrogens is 1. The van der Waals surface area contributed by atoms with Crippen LogP contribution in [0.25, 0.3) is 22.4 Å². The maximum absolute atomic E-state index is 12.6. The topological polar surface area (TPSA) is 62.3 Å². The number of nitrogens with zero attached hydrogens (tertiary/aromatic N) is 1. The Morgan fingerprint density at radius 2 is 1.33 bits per heavy atom. The molecular weight excluding hydrogens is 300 g/mol. The molecular formula is C20H14N2O2. The van der Waals surface area contributed by atoms with Crippen molar-refractivity contribution in [3.8, 4) is 22.4 Å². The van der Waals surface area contributed by atoms with E-state index in [4.69, 9.17) is 0 Å². The number of aromatic amines is 1. The Hall–Kier alpha value is -3.27. The molecule has 4 rings (SSSR count). The molecule has 4 nitrogen and oxygen atoms in total. The Bertz CT molecular complexity index is 1030. The van der Waals surface area contributed by atoms with E-state index in [0.29, 0.717) is 22.5 Å². The van der Waals surface area contributed by atoms with Crippen LogP contribution in [-0.4, -0.2) is 16.6 Å². The molecule has 2 aromatic carbocycles. The van der Waals surface area contributed by atoms with Crippen molar-refractivity contribution in [2.75, 3.05) is 0 Å². The second kappa shape index (κ2) is 5.42. The van der Waals surface area contributed by atoms with Gasteiger partial charge in [-0.25, -0.2) is 4.99 Å². The fourth-order valence-corrected chi connectivity index (χ4v) is 3.14. The minimum absolute atomic E-state index is 0.282. The van der Waals surface area contributed by atoms with Crippen LogP contribution in [0.5, 0.6) is 0 Å². The van der Waals surface area contributed by atoms with E-state index in [9.17, 15) is 9.59 Å². The summed E-state index contributed by atoms with van der Waals surface area (Å²) in [5.74, 6) is -0.357. The first kappa shape index (κ1) is 14.3. The zero-order valence-corrected chi connectivity index (χ0v) is 13.0. The predicted octanol–water partition coefficient (Wildman–Crippen LogP) is 3.67. The molecule has 0 fully saturated rings. The highest BCUT2D eigenvalue weighted by atomic mass is 16.2. The third-order valence-corrected chi connectivity index (χ3v) is 4.19. The van der Waals surface area contributed by atoms with E-state index in [1.54, 1.807) is 6.92 Å². The van der Waals surface area contributed by atoms with Crippen molar-refractivity contribution >= 4 is 11.6 Å². The number of hydrogen-bond acceptors (Lipinski definition) is 2.